The van der Waals surface area contributed by atoms with Crippen LogP contribution in [0.1, 0.15) is 34.1 Å². The van der Waals surface area contributed by atoms with Crippen molar-refractivity contribution in [2.45, 2.75) is 18.8 Å². The number of thiazole rings is 1. The molecule has 1 saturated heterocycles. The van der Waals surface area contributed by atoms with E-state index in [1.807, 2.05) is 12.1 Å². The Labute approximate surface area is 109 Å². The van der Waals surface area contributed by atoms with Crippen molar-refractivity contribution in [2.75, 3.05) is 13.1 Å². The molecule has 4 nitrogen and oxygen atoms in total. The van der Waals surface area contributed by atoms with Crippen LogP contribution < -0.4 is 11.1 Å². The summed E-state index contributed by atoms with van der Waals surface area (Å²) in [6.07, 6.45) is 2.28. The molecule has 0 saturated carbocycles. The van der Waals surface area contributed by atoms with E-state index in [4.69, 9.17) is 5.73 Å². The van der Waals surface area contributed by atoms with E-state index in [0.29, 0.717) is 11.5 Å². The maximum absolute atomic E-state index is 11.2. The van der Waals surface area contributed by atoms with E-state index in [2.05, 4.69) is 10.3 Å². The van der Waals surface area contributed by atoms with Crippen LogP contribution in [0.15, 0.2) is 18.2 Å². The van der Waals surface area contributed by atoms with Crippen LogP contribution in [-0.2, 0) is 0 Å². The molecule has 5 heteroatoms. The standard InChI is InChI=1S/C13H15N3OS/c14-12(17)9-1-2-10-11(7-9)18-13(16-10)8-3-5-15-6-4-8/h1-2,7-8,15H,3-6H2,(H2,14,17). The van der Waals surface area contributed by atoms with Crippen molar-refractivity contribution in [2.24, 2.45) is 5.73 Å². The van der Waals surface area contributed by atoms with Crippen LogP contribution in [-0.4, -0.2) is 24.0 Å². The Morgan fingerprint density at radius 1 is 1.39 bits per heavy atom. The third-order valence-electron chi connectivity index (χ3n) is 3.38. The maximum atomic E-state index is 11.2. The van der Waals surface area contributed by atoms with Crippen LogP contribution in [0.2, 0.25) is 0 Å². The largest absolute Gasteiger partial charge is 0.366 e. The summed E-state index contributed by atoms with van der Waals surface area (Å²) in [6, 6.07) is 5.48. The van der Waals surface area contributed by atoms with Gasteiger partial charge in [-0.3, -0.25) is 4.79 Å². The third-order valence-corrected chi connectivity index (χ3v) is 4.56. The molecule has 0 spiro atoms. The SMILES string of the molecule is NC(=O)c1ccc2nc(C3CCNCC3)sc2c1. The lowest BCUT2D eigenvalue weighted by molar-refractivity contribution is 0.100. The quantitative estimate of drug-likeness (QED) is 0.867. The van der Waals surface area contributed by atoms with Crippen LogP contribution in [0.3, 0.4) is 0 Å². The van der Waals surface area contributed by atoms with Gasteiger partial charge in [-0.2, -0.15) is 0 Å². The van der Waals surface area contributed by atoms with Crippen molar-refractivity contribution in [3.8, 4) is 0 Å². The number of hydrogen-bond acceptors (Lipinski definition) is 4. The molecular weight excluding hydrogens is 246 g/mol. The van der Waals surface area contributed by atoms with E-state index in [-0.39, 0.29) is 5.91 Å². The molecule has 1 aromatic carbocycles. The van der Waals surface area contributed by atoms with Gasteiger partial charge in [0.1, 0.15) is 0 Å². The van der Waals surface area contributed by atoms with Crippen molar-refractivity contribution < 1.29 is 4.79 Å². The molecule has 0 unspecified atom stereocenters. The second-order valence-electron chi connectivity index (χ2n) is 4.62. The average molecular weight is 261 g/mol. The molecule has 0 radical (unpaired) electrons. The normalized spacial score (nSPS) is 17.1. The van der Waals surface area contributed by atoms with Crippen LogP contribution >= 0.6 is 11.3 Å². The number of rotatable bonds is 2. The first-order valence-electron chi connectivity index (χ1n) is 6.15. The number of carbonyl (C=O) groups is 1. The van der Waals surface area contributed by atoms with Gasteiger partial charge in [-0.1, -0.05) is 0 Å². The van der Waals surface area contributed by atoms with Crippen LogP contribution in [0, 0.1) is 0 Å². The summed E-state index contributed by atoms with van der Waals surface area (Å²) in [7, 11) is 0. The molecule has 2 heterocycles. The number of aromatic nitrogens is 1. The topological polar surface area (TPSA) is 68.0 Å². The summed E-state index contributed by atoms with van der Waals surface area (Å²) >= 11 is 1.69. The number of fused-ring (bicyclic) bond motifs is 1. The second kappa shape index (κ2) is 4.66. The minimum absolute atomic E-state index is 0.381. The molecule has 1 fully saturated rings. The lowest BCUT2D eigenvalue weighted by atomic mass is 9.99. The number of nitrogens with zero attached hydrogens (tertiary/aromatic N) is 1. The Kier molecular flexibility index (Phi) is 3.01. The highest BCUT2D eigenvalue weighted by atomic mass is 32.1. The molecule has 0 bridgehead atoms. The molecule has 3 rings (SSSR count). The highest BCUT2D eigenvalue weighted by Crippen LogP contribution is 2.32. The first-order chi connectivity index (χ1) is 8.74. The molecule has 1 amide bonds. The van der Waals surface area contributed by atoms with Crippen molar-refractivity contribution >= 4 is 27.5 Å². The van der Waals surface area contributed by atoms with E-state index in [0.717, 1.165) is 36.1 Å². The van der Waals surface area contributed by atoms with E-state index >= 15 is 0 Å². The number of nitrogens with two attached hydrogens (primary N) is 1. The van der Waals surface area contributed by atoms with Gasteiger partial charge >= 0.3 is 0 Å². The zero-order valence-electron chi connectivity index (χ0n) is 9.98. The molecule has 1 aliphatic heterocycles. The highest BCUT2D eigenvalue weighted by Gasteiger charge is 2.19. The van der Waals surface area contributed by atoms with Gasteiger partial charge < -0.3 is 11.1 Å². The Morgan fingerprint density at radius 2 is 2.17 bits per heavy atom. The predicted molar refractivity (Wildman–Crippen MR) is 73.0 cm³/mol. The third kappa shape index (κ3) is 2.11. The van der Waals surface area contributed by atoms with E-state index in [1.165, 1.54) is 5.01 Å². The number of benzene rings is 1. The van der Waals surface area contributed by atoms with Gasteiger partial charge in [-0.05, 0) is 44.1 Å². The van der Waals surface area contributed by atoms with Crippen molar-refractivity contribution in [3.63, 3.8) is 0 Å². The Hall–Kier alpha value is -1.46. The molecule has 3 N–H and O–H groups in total. The lowest BCUT2D eigenvalue weighted by Gasteiger charge is -2.20. The van der Waals surface area contributed by atoms with E-state index in [9.17, 15) is 4.79 Å². The Balaban J connectivity index is 1.97. The van der Waals surface area contributed by atoms with Gasteiger partial charge in [0, 0.05) is 11.5 Å². The summed E-state index contributed by atoms with van der Waals surface area (Å²) in [5, 5.41) is 4.55. The fourth-order valence-corrected chi connectivity index (χ4v) is 3.52. The smallest absolute Gasteiger partial charge is 0.248 e. The van der Waals surface area contributed by atoms with Gasteiger partial charge in [0.25, 0.3) is 0 Å². The lowest BCUT2D eigenvalue weighted by Crippen LogP contribution is -2.26. The summed E-state index contributed by atoms with van der Waals surface area (Å²) in [5.41, 5.74) is 6.82. The average Bonchev–Trinajstić information content (AvgIpc) is 2.82. The number of nitrogens with one attached hydrogen (secondary N) is 1. The molecule has 1 aliphatic rings. The van der Waals surface area contributed by atoms with Crippen molar-refractivity contribution in [3.05, 3.63) is 28.8 Å². The Bertz CT molecular complexity index is 587. The minimum atomic E-state index is -0.381. The number of carbonyl (C=O) groups excluding carboxylic acids is 1. The zero-order valence-corrected chi connectivity index (χ0v) is 10.8. The zero-order chi connectivity index (χ0) is 12.5. The molecule has 0 aliphatic carbocycles. The van der Waals surface area contributed by atoms with Crippen molar-refractivity contribution in [1.82, 2.24) is 10.3 Å². The summed E-state index contributed by atoms with van der Waals surface area (Å²) < 4.78 is 1.06. The summed E-state index contributed by atoms with van der Waals surface area (Å²) in [4.78, 5) is 15.8. The number of piperidine rings is 1. The molecule has 1 aromatic heterocycles. The van der Waals surface area contributed by atoms with Gasteiger partial charge in [-0.15, -0.1) is 11.3 Å². The van der Waals surface area contributed by atoms with Gasteiger partial charge in [0.15, 0.2) is 0 Å². The Morgan fingerprint density at radius 3 is 2.89 bits per heavy atom. The monoisotopic (exact) mass is 261 g/mol. The minimum Gasteiger partial charge on any atom is -0.366 e. The predicted octanol–water partition coefficient (Wildman–Crippen LogP) is 1.86. The summed E-state index contributed by atoms with van der Waals surface area (Å²) in [6.45, 7) is 2.13. The maximum Gasteiger partial charge on any atom is 0.248 e. The number of amides is 1. The molecular formula is C13H15N3OS. The second-order valence-corrected chi connectivity index (χ2v) is 5.69. The number of primary amides is 1. The molecule has 0 atom stereocenters. The fraction of sp³-hybridized carbons (Fsp3) is 0.385. The van der Waals surface area contributed by atoms with Crippen molar-refractivity contribution in [1.29, 1.82) is 0 Å². The van der Waals surface area contributed by atoms with Gasteiger partial charge in [0.05, 0.1) is 15.2 Å². The highest BCUT2D eigenvalue weighted by molar-refractivity contribution is 7.18. The first kappa shape index (κ1) is 11.6. The van der Waals surface area contributed by atoms with Gasteiger partial charge in [0.2, 0.25) is 5.91 Å². The summed E-state index contributed by atoms with van der Waals surface area (Å²) in [5.74, 6) is 0.175. The van der Waals surface area contributed by atoms with Crippen LogP contribution in [0.25, 0.3) is 10.2 Å². The molecule has 18 heavy (non-hydrogen) atoms. The number of hydrogen-bond donors (Lipinski definition) is 2. The van der Waals surface area contributed by atoms with E-state index in [1.54, 1.807) is 17.4 Å². The first-order valence-corrected chi connectivity index (χ1v) is 6.97. The molecule has 94 valence electrons. The van der Waals surface area contributed by atoms with Crippen LogP contribution in [0.5, 0.6) is 0 Å². The van der Waals surface area contributed by atoms with Gasteiger partial charge in [-0.25, -0.2) is 4.98 Å². The van der Waals surface area contributed by atoms with E-state index < -0.39 is 0 Å². The van der Waals surface area contributed by atoms with Crippen LogP contribution in [0.4, 0.5) is 0 Å². The molecule has 2 aromatic rings. The fourth-order valence-electron chi connectivity index (χ4n) is 2.34.